The molecule has 0 aromatic heterocycles. The van der Waals surface area contributed by atoms with Crippen LogP contribution in [0.4, 0.5) is 10.1 Å². The highest BCUT2D eigenvalue weighted by molar-refractivity contribution is 5.86. The topological polar surface area (TPSA) is 29.1 Å². The van der Waals surface area contributed by atoms with Gasteiger partial charge in [0.1, 0.15) is 12.1 Å². The Morgan fingerprint density at radius 2 is 1.72 bits per heavy atom. The molecule has 1 N–H and O–H groups in total. The fourth-order valence-electron chi connectivity index (χ4n) is 3.17. The first-order valence-electron chi connectivity index (χ1n) is 8.24. The van der Waals surface area contributed by atoms with Crippen LogP contribution < -0.4 is 5.32 Å². The van der Waals surface area contributed by atoms with E-state index >= 15 is 0 Å². The lowest BCUT2D eigenvalue weighted by Crippen LogP contribution is -1.98. The summed E-state index contributed by atoms with van der Waals surface area (Å²) in [6, 6.07) is 18.7. The van der Waals surface area contributed by atoms with E-state index in [1.54, 1.807) is 12.1 Å². The lowest BCUT2D eigenvalue weighted by molar-refractivity contribution is -0.107. The Balaban J connectivity index is 2.19. The Morgan fingerprint density at radius 3 is 2.40 bits per heavy atom. The maximum atomic E-state index is 13.3. The monoisotopic (exact) mass is 333 g/mol. The van der Waals surface area contributed by atoms with E-state index in [4.69, 9.17) is 0 Å². The number of benzene rings is 3. The second-order valence-corrected chi connectivity index (χ2v) is 6.00. The molecule has 0 aliphatic carbocycles. The summed E-state index contributed by atoms with van der Waals surface area (Å²) >= 11 is 0. The molecule has 0 atom stereocenters. The Labute approximate surface area is 147 Å². The third-order valence-corrected chi connectivity index (χ3v) is 4.39. The number of nitrogens with one attached hydrogen (secondary N) is 1. The minimum absolute atomic E-state index is 0.246. The zero-order valence-corrected chi connectivity index (χ0v) is 14.3. The number of carbonyl (C=O) groups excluding carboxylic acids is 1. The number of rotatable bonds is 5. The highest BCUT2D eigenvalue weighted by Gasteiger charge is 2.12. The molecule has 25 heavy (non-hydrogen) atoms. The third kappa shape index (κ3) is 3.45. The van der Waals surface area contributed by atoms with Gasteiger partial charge in [0.05, 0.1) is 0 Å². The van der Waals surface area contributed by atoms with E-state index < -0.39 is 0 Å². The number of aldehydes is 1. The van der Waals surface area contributed by atoms with Crippen LogP contribution in [0.25, 0.3) is 22.3 Å². The van der Waals surface area contributed by atoms with Gasteiger partial charge in [-0.15, -0.1) is 0 Å². The highest BCUT2D eigenvalue weighted by Crippen LogP contribution is 2.36. The number of carbonyl (C=O) groups is 1. The Kier molecular flexibility index (Phi) is 4.94. The van der Waals surface area contributed by atoms with Crippen LogP contribution in [0.2, 0.25) is 0 Å². The summed E-state index contributed by atoms with van der Waals surface area (Å²) in [7, 11) is 1.85. The largest absolute Gasteiger partial charge is 0.388 e. The van der Waals surface area contributed by atoms with E-state index in [1.807, 2.05) is 25.2 Å². The molecule has 0 heterocycles. The molecule has 0 bridgehead atoms. The van der Waals surface area contributed by atoms with Crippen LogP contribution >= 0.6 is 0 Å². The molecule has 0 saturated heterocycles. The summed E-state index contributed by atoms with van der Waals surface area (Å²) in [5.41, 5.74) is 7.22. The molecule has 2 nitrogen and oxygen atoms in total. The molecule has 0 amide bonds. The Hall–Kier alpha value is -2.94. The van der Waals surface area contributed by atoms with Crippen molar-refractivity contribution in [3.63, 3.8) is 0 Å². The van der Waals surface area contributed by atoms with Crippen LogP contribution in [0.1, 0.15) is 11.1 Å². The molecule has 0 unspecified atom stereocenters. The maximum Gasteiger partial charge on any atom is 0.124 e. The first-order valence-corrected chi connectivity index (χ1v) is 8.24. The number of hydrogen-bond donors (Lipinski definition) is 1. The molecular weight excluding hydrogens is 313 g/mol. The third-order valence-electron chi connectivity index (χ3n) is 4.39. The smallest absolute Gasteiger partial charge is 0.124 e. The number of halogens is 1. The quantitative estimate of drug-likeness (QED) is 0.646. The molecule has 0 aliphatic rings. The summed E-state index contributed by atoms with van der Waals surface area (Å²) in [4.78, 5) is 11.0. The second-order valence-electron chi connectivity index (χ2n) is 6.00. The summed E-state index contributed by atoms with van der Waals surface area (Å²) in [6.45, 7) is 2.06. The van der Waals surface area contributed by atoms with Gasteiger partial charge in [-0.05, 0) is 64.6 Å². The predicted molar refractivity (Wildman–Crippen MR) is 101 cm³/mol. The van der Waals surface area contributed by atoms with E-state index in [-0.39, 0.29) is 5.82 Å². The summed E-state index contributed by atoms with van der Waals surface area (Å²) in [5.74, 6) is -0.246. The zero-order valence-electron chi connectivity index (χ0n) is 14.3. The normalized spacial score (nSPS) is 10.5. The average molecular weight is 333 g/mol. The van der Waals surface area contributed by atoms with Gasteiger partial charge >= 0.3 is 0 Å². The minimum atomic E-state index is -0.246. The molecule has 3 aromatic rings. The molecule has 3 heteroatoms. The van der Waals surface area contributed by atoms with Crippen molar-refractivity contribution < 1.29 is 9.18 Å². The lowest BCUT2D eigenvalue weighted by Gasteiger charge is -2.16. The molecule has 0 spiro atoms. The van der Waals surface area contributed by atoms with Crippen molar-refractivity contribution in [2.75, 3.05) is 12.4 Å². The molecular formula is C22H20FNO. The minimum Gasteiger partial charge on any atom is -0.388 e. The van der Waals surface area contributed by atoms with Crippen molar-refractivity contribution in [3.8, 4) is 22.3 Å². The molecule has 126 valence electrons. The van der Waals surface area contributed by atoms with Gasteiger partial charge in [-0.25, -0.2) is 4.39 Å². The van der Waals surface area contributed by atoms with Gasteiger partial charge in [0, 0.05) is 19.2 Å². The van der Waals surface area contributed by atoms with Crippen molar-refractivity contribution in [1.29, 1.82) is 0 Å². The lowest BCUT2D eigenvalue weighted by atomic mass is 9.90. The second kappa shape index (κ2) is 7.31. The molecule has 0 fully saturated rings. The fraction of sp³-hybridized carbons (Fsp3) is 0.136. The van der Waals surface area contributed by atoms with Gasteiger partial charge in [-0.3, -0.25) is 0 Å². The van der Waals surface area contributed by atoms with Crippen LogP contribution in [-0.2, 0) is 11.2 Å². The van der Waals surface area contributed by atoms with Crippen molar-refractivity contribution in [2.24, 2.45) is 0 Å². The first kappa shape index (κ1) is 16.9. The highest BCUT2D eigenvalue weighted by atomic mass is 19.1. The number of aryl methyl sites for hydroxylation is 1. The molecule has 3 rings (SSSR count). The van der Waals surface area contributed by atoms with Crippen LogP contribution in [0.5, 0.6) is 0 Å². The Morgan fingerprint density at radius 1 is 1.00 bits per heavy atom. The molecule has 3 aromatic carbocycles. The standard InChI is InChI=1S/C22H20FNO/c1-15-4-3-5-20(16-6-9-19(23)10-7-16)22(15)18-8-11-21(24-2)17(14-18)12-13-25/h3-11,13-14,24H,12H2,1-2H3. The molecule has 0 radical (unpaired) electrons. The van der Waals surface area contributed by atoms with Crippen molar-refractivity contribution in [1.82, 2.24) is 0 Å². The summed E-state index contributed by atoms with van der Waals surface area (Å²) < 4.78 is 13.3. The van der Waals surface area contributed by atoms with Crippen molar-refractivity contribution in [2.45, 2.75) is 13.3 Å². The molecule has 0 saturated carbocycles. The van der Waals surface area contributed by atoms with E-state index in [1.165, 1.54) is 12.1 Å². The SMILES string of the molecule is CNc1ccc(-c2c(C)cccc2-c2ccc(F)cc2)cc1CC=O. The van der Waals surface area contributed by atoms with Crippen LogP contribution in [0.3, 0.4) is 0 Å². The van der Waals surface area contributed by atoms with Gasteiger partial charge in [-0.1, -0.05) is 36.4 Å². The van der Waals surface area contributed by atoms with Gasteiger partial charge in [0.2, 0.25) is 0 Å². The summed E-state index contributed by atoms with van der Waals surface area (Å²) in [6.07, 6.45) is 1.28. The predicted octanol–water partition coefficient (Wildman–Crippen LogP) is 5.25. The summed E-state index contributed by atoms with van der Waals surface area (Å²) in [5, 5.41) is 3.13. The van der Waals surface area contributed by atoms with Crippen molar-refractivity contribution >= 4 is 12.0 Å². The maximum absolute atomic E-state index is 13.3. The number of hydrogen-bond acceptors (Lipinski definition) is 2. The zero-order chi connectivity index (χ0) is 17.8. The molecule has 0 aliphatic heterocycles. The van der Waals surface area contributed by atoms with Crippen molar-refractivity contribution in [3.05, 3.63) is 77.6 Å². The fourth-order valence-corrected chi connectivity index (χ4v) is 3.17. The van der Waals surface area contributed by atoms with Crippen LogP contribution in [0.15, 0.2) is 60.7 Å². The van der Waals surface area contributed by atoms with E-state index in [9.17, 15) is 9.18 Å². The first-order chi connectivity index (χ1) is 12.1. The van der Waals surface area contributed by atoms with E-state index in [2.05, 4.69) is 30.4 Å². The van der Waals surface area contributed by atoms with E-state index in [0.29, 0.717) is 6.42 Å². The van der Waals surface area contributed by atoms with Gasteiger partial charge in [0.15, 0.2) is 0 Å². The van der Waals surface area contributed by atoms with Crippen LogP contribution in [0, 0.1) is 12.7 Å². The Bertz CT molecular complexity index is 900. The van der Waals surface area contributed by atoms with Crippen LogP contribution in [-0.4, -0.2) is 13.3 Å². The average Bonchev–Trinajstić information content (AvgIpc) is 2.62. The van der Waals surface area contributed by atoms with Gasteiger partial charge < -0.3 is 10.1 Å². The van der Waals surface area contributed by atoms with E-state index in [0.717, 1.165) is 45.4 Å². The number of anilines is 1. The van der Waals surface area contributed by atoms with Gasteiger partial charge in [0.25, 0.3) is 0 Å². The van der Waals surface area contributed by atoms with Gasteiger partial charge in [-0.2, -0.15) is 0 Å².